The van der Waals surface area contributed by atoms with Gasteiger partial charge in [-0.1, -0.05) is 25.7 Å². The van der Waals surface area contributed by atoms with E-state index < -0.39 is 0 Å². The van der Waals surface area contributed by atoms with Crippen LogP contribution in [0.2, 0.25) is 0 Å². The van der Waals surface area contributed by atoms with E-state index in [1.807, 2.05) is 0 Å². The minimum Gasteiger partial charge on any atom is -0.482 e. The SMILES string of the molecule is O=C1COc2cc(NC(=O)NCCC3CCCC3)ccc2N1. The zero-order valence-corrected chi connectivity index (χ0v) is 12.5. The second-order valence-electron chi connectivity index (χ2n) is 5.87. The summed E-state index contributed by atoms with van der Waals surface area (Å²) in [5.74, 6) is 1.17. The zero-order valence-electron chi connectivity index (χ0n) is 12.5. The van der Waals surface area contributed by atoms with Gasteiger partial charge < -0.3 is 20.7 Å². The van der Waals surface area contributed by atoms with Crippen molar-refractivity contribution in [3.8, 4) is 5.75 Å². The summed E-state index contributed by atoms with van der Waals surface area (Å²) in [4.78, 5) is 23.1. The molecule has 2 aliphatic rings. The summed E-state index contributed by atoms with van der Waals surface area (Å²) in [6, 6.07) is 4.97. The topological polar surface area (TPSA) is 79.5 Å². The fourth-order valence-electron chi connectivity index (χ4n) is 3.02. The minimum atomic E-state index is -0.210. The first-order valence-electron chi connectivity index (χ1n) is 7.82. The summed E-state index contributed by atoms with van der Waals surface area (Å²) in [6.07, 6.45) is 6.27. The van der Waals surface area contributed by atoms with Crippen LogP contribution in [0.4, 0.5) is 16.2 Å². The van der Waals surface area contributed by atoms with Gasteiger partial charge in [0, 0.05) is 18.3 Å². The maximum Gasteiger partial charge on any atom is 0.319 e. The first kappa shape index (κ1) is 14.7. The molecule has 1 fully saturated rings. The molecule has 0 spiro atoms. The Morgan fingerprint density at radius 2 is 2.14 bits per heavy atom. The summed E-state index contributed by atoms with van der Waals surface area (Å²) < 4.78 is 5.32. The van der Waals surface area contributed by atoms with Gasteiger partial charge in [0.25, 0.3) is 5.91 Å². The molecule has 6 heteroatoms. The van der Waals surface area contributed by atoms with Crippen LogP contribution in [-0.2, 0) is 4.79 Å². The van der Waals surface area contributed by atoms with E-state index in [2.05, 4.69) is 16.0 Å². The van der Waals surface area contributed by atoms with Crippen LogP contribution in [0.1, 0.15) is 32.1 Å². The zero-order chi connectivity index (χ0) is 15.4. The van der Waals surface area contributed by atoms with Crippen molar-refractivity contribution in [3.05, 3.63) is 18.2 Å². The molecule has 0 radical (unpaired) electrons. The van der Waals surface area contributed by atoms with Crippen LogP contribution in [0.15, 0.2) is 18.2 Å². The summed E-state index contributed by atoms with van der Waals surface area (Å²) in [5.41, 5.74) is 1.27. The van der Waals surface area contributed by atoms with Crippen LogP contribution in [-0.4, -0.2) is 25.1 Å². The number of carbonyl (C=O) groups is 2. The molecule has 1 aliphatic heterocycles. The largest absolute Gasteiger partial charge is 0.482 e. The highest BCUT2D eigenvalue weighted by Gasteiger charge is 2.17. The van der Waals surface area contributed by atoms with Crippen LogP contribution in [0.3, 0.4) is 0 Å². The number of benzene rings is 1. The fourth-order valence-corrected chi connectivity index (χ4v) is 3.02. The number of hydrogen-bond acceptors (Lipinski definition) is 3. The van der Waals surface area contributed by atoms with Gasteiger partial charge >= 0.3 is 6.03 Å². The lowest BCUT2D eigenvalue weighted by Crippen LogP contribution is -2.30. The molecule has 1 saturated carbocycles. The lowest BCUT2D eigenvalue weighted by atomic mass is 10.0. The lowest BCUT2D eigenvalue weighted by molar-refractivity contribution is -0.118. The summed E-state index contributed by atoms with van der Waals surface area (Å²) in [7, 11) is 0. The average molecular weight is 303 g/mol. The first-order valence-corrected chi connectivity index (χ1v) is 7.82. The van der Waals surface area contributed by atoms with Crippen molar-refractivity contribution in [2.24, 2.45) is 5.92 Å². The maximum absolute atomic E-state index is 11.9. The molecule has 0 bridgehead atoms. The van der Waals surface area contributed by atoms with E-state index in [1.165, 1.54) is 25.7 Å². The smallest absolute Gasteiger partial charge is 0.319 e. The standard InChI is InChI=1S/C16H21N3O3/c20-15-10-22-14-9-12(5-6-13(14)19-15)18-16(21)17-8-7-11-3-1-2-4-11/h5-6,9,11H,1-4,7-8,10H2,(H,19,20)(H2,17,18,21). The van der Waals surface area contributed by atoms with Gasteiger partial charge in [0.05, 0.1) is 5.69 Å². The van der Waals surface area contributed by atoms with E-state index in [4.69, 9.17) is 4.74 Å². The van der Waals surface area contributed by atoms with E-state index >= 15 is 0 Å². The molecule has 1 aromatic rings. The Morgan fingerprint density at radius 3 is 2.95 bits per heavy atom. The first-order chi connectivity index (χ1) is 10.7. The Bertz CT molecular complexity index is 568. The molecule has 3 amide bonds. The number of fused-ring (bicyclic) bond motifs is 1. The lowest BCUT2D eigenvalue weighted by Gasteiger charge is -2.18. The van der Waals surface area contributed by atoms with Crippen molar-refractivity contribution in [3.63, 3.8) is 0 Å². The third-order valence-electron chi connectivity index (χ3n) is 4.19. The molecule has 3 N–H and O–H groups in total. The molecule has 1 heterocycles. The Labute approximate surface area is 129 Å². The van der Waals surface area contributed by atoms with Crippen LogP contribution in [0.5, 0.6) is 5.75 Å². The molecule has 0 aromatic heterocycles. The predicted molar refractivity (Wildman–Crippen MR) is 84.2 cm³/mol. The summed E-state index contributed by atoms with van der Waals surface area (Å²) in [6.45, 7) is 0.706. The molecule has 22 heavy (non-hydrogen) atoms. The van der Waals surface area contributed by atoms with E-state index in [1.54, 1.807) is 18.2 Å². The molecule has 0 unspecified atom stereocenters. The summed E-state index contributed by atoms with van der Waals surface area (Å²) >= 11 is 0. The Balaban J connectivity index is 1.47. The van der Waals surface area contributed by atoms with Crippen molar-refractivity contribution in [2.45, 2.75) is 32.1 Å². The molecule has 0 atom stereocenters. The van der Waals surface area contributed by atoms with Crippen molar-refractivity contribution in [1.29, 1.82) is 0 Å². The van der Waals surface area contributed by atoms with Gasteiger partial charge in [0.2, 0.25) is 0 Å². The van der Waals surface area contributed by atoms with E-state index in [0.717, 1.165) is 12.3 Å². The number of ether oxygens (including phenoxy) is 1. The normalized spacial score (nSPS) is 17.4. The molecular weight excluding hydrogens is 282 g/mol. The quantitative estimate of drug-likeness (QED) is 0.800. The number of hydrogen-bond donors (Lipinski definition) is 3. The number of anilines is 2. The number of nitrogens with one attached hydrogen (secondary N) is 3. The summed E-state index contributed by atoms with van der Waals surface area (Å²) in [5, 5.41) is 8.38. The molecule has 3 rings (SSSR count). The fraction of sp³-hybridized carbons (Fsp3) is 0.500. The molecule has 6 nitrogen and oxygen atoms in total. The monoisotopic (exact) mass is 303 g/mol. The average Bonchev–Trinajstić information content (AvgIpc) is 3.01. The molecular formula is C16H21N3O3. The highest BCUT2D eigenvalue weighted by atomic mass is 16.5. The predicted octanol–water partition coefficient (Wildman–Crippen LogP) is 2.72. The van der Waals surface area contributed by atoms with Crippen LogP contribution in [0.25, 0.3) is 0 Å². The third kappa shape index (κ3) is 3.69. The van der Waals surface area contributed by atoms with Gasteiger partial charge in [-0.3, -0.25) is 4.79 Å². The number of rotatable bonds is 4. The van der Waals surface area contributed by atoms with E-state index in [0.29, 0.717) is 23.7 Å². The highest BCUT2D eigenvalue weighted by molar-refractivity contribution is 5.96. The molecule has 1 aromatic carbocycles. The number of amides is 3. The molecule has 1 aliphatic carbocycles. The highest BCUT2D eigenvalue weighted by Crippen LogP contribution is 2.30. The van der Waals surface area contributed by atoms with E-state index in [9.17, 15) is 9.59 Å². The van der Waals surface area contributed by atoms with Crippen molar-refractivity contribution in [2.75, 3.05) is 23.8 Å². The maximum atomic E-state index is 11.9. The van der Waals surface area contributed by atoms with Gasteiger partial charge in [-0.25, -0.2) is 4.79 Å². The van der Waals surface area contributed by atoms with Crippen LogP contribution >= 0.6 is 0 Å². The van der Waals surface area contributed by atoms with Gasteiger partial charge in [0.15, 0.2) is 6.61 Å². The van der Waals surface area contributed by atoms with Gasteiger partial charge in [-0.15, -0.1) is 0 Å². The Morgan fingerprint density at radius 1 is 1.32 bits per heavy atom. The molecule has 118 valence electrons. The number of carbonyl (C=O) groups excluding carboxylic acids is 2. The minimum absolute atomic E-state index is 0.00401. The van der Waals surface area contributed by atoms with Gasteiger partial charge in [0.1, 0.15) is 5.75 Å². The van der Waals surface area contributed by atoms with Crippen molar-refractivity contribution in [1.82, 2.24) is 5.32 Å². The Kier molecular flexibility index (Phi) is 4.46. The third-order valence-corrected chi connectivity index (χ3v) is 4.19. The molecule has 0 saturated heterocycles. The van der Waals surface area contributed by atoms with Crippen molar-refractivity contribution >= 4 is 23.3 Å². The number of urea groups is 1. The van der Waals surface area contributed by atoms with Crippen molar-refractivity contribution < 1.29 is 14.3 Å². The van der Waals surface area contributed by atoms with Gasteiger partial charge in [-0.05, 0) is 24.5 Å². The van der Waals surface area contributed by atoms with Crippen LogP contribution in [0, 0.1) is 5.92 Å². The Hall–Kier alpha value is -2.24. The van der Waals surface area contributed by atoms with Crippen LogP contribution < -0.4 is 20.7 Å². The second-order valence-corrected chi connectivity index (χ2v) is 5.87. The van der Waals surface area contributed by atoms with Gasteiger partial charge in [-0.2, -0.15) is 0 Å². The van der Waals surface area contributed by atoms with E-state index in [-0.39, 0.29) is 18.5 Å². The second kappa shape index (κ2) is 6.68.